The average Bonchev–Trinajstić information content (AvgIpc) is 2.29. The molecule has 0 aromatic heterocycles. The van der Waals surface area contributed by atoms with Gasteiger partial charge in [-0.1, -0.05) is 0 Å². The van der Waals surface area contributed by atoms with E-state index in [-0.39, 0.29) is 6.03 Å². The number of piperidine rings is 1. The molecule has 2 amide bonds. The number of hydrogen-bond donors (Lipinski definition) is 2. The summed E-state index contributed by atoms with van der Waals surface area (Å²) in [6.07, 6.45) is 3.12. The summed E-state index contributed by atoms with van der Waals surface area (Å²) >= 11 is 0. The zero-order chi connectivity index (χ0) is 12.0. The first-order valence-electron chi connectivity index (χ1n) is 6.05. The fraction of sp³-hybridized carbons (Fsp3) is 0.909. The van der Waals surface area contributed by atoms with E-state index in [2.05, 4.69) is 5.32 Å². The molecule has 0 bridgehead atoms. The third-order valence-electron chi connectivity index (χ3n) is 2.96. The van der Waals surface area contributed by atoms with Crippen LogP contribution >= 0.6 is 0 Å². The van der Waals surface area contributed by atoms with Crippen LogP contribution < -0.4 is 11.1 Å². The highest BCUT2D eigenvalue weighted by Crippen LogP contribution is 2.11. The number of carbonyl (C=O) groups excluding carboxylic acids is 1. The molecule has 3 N–H and O–H groups in total. The van der Waals surface area contributed by atoms with Gasteiger partial charge in [0.1, 0.15) is 0 Å². The molecule has 0 radical (unpaired) electrons. The highest BCUT2D eigenvalue weighted by molar-refractivity contribution is 5.73. The first kappa shape index (κ1) is 13.3. The summed E-state index contributed by atoms with van der Waals surface area (Å²) in [4.78, 5) is 15.2. The van der Waals surface area contributed by atoms with Crippen LogP contribution in [0.3, 0.4) is 0 Å². The molecule has 1 aliphatic rings. The predicted molar refractivity (Wildman–Crippen MR) is 65.4 cm³/mol. The molecule has 1 rings (SSSR count). The predicted octanol–water partition coefficient (Wildman–Crippen LogP) is 0.0708. The Labute approximate surface area is 98.0 Å². The van der Waals surface area contributed by atoms with E-state index in [9.17, 15) is 4.79 Å². The number of rotatable bonds is 4. The van der Waals surface area contributed by atoms with Gasteiger partial charge in [0.2, 0.25) is 0 Å². The summed E-state index contributed by atoms with van der Waals surface area (Å²) in [7, 11) is 3.60. The summed E-state index contributed by atoms with van der Waals surface area (Å²) in [5.41, 5.74) is 5.44. The van der Waals surface area contributed by atoms with E-state index in [1.165, 1.54) is 0 Å². The summed E-state index contributed by atoms with van der Waals surface area (Å²) in [5.74, 6) is 0. The summed E-state index contributed by atoms with van der Waals surface area (Å²) in [5, 5.41) is 3.48. The van der Waals surface area contributed by atoms with Gasteiger partial charge in [-0.2, -0.15) is 0 Å². The molecule has 5 nitrogen and oxygen atoms in total. The topological polar surface area (TPSA) is 61.6 Å². The van der Waals surface area contributed by atoms with Gasteiger partial charge in [-0.05, 0) is 32.4 Å². The first-order valence-corrected chi connectivity index (χ1v) is 6.05. The van der Waals surface area contributed by atoms with E-state index < -0.39 is 0 Å². The largest absolute Gasteiger partial charge is 0.331 e. The van der Waals surface area contributed by atoms with Gasteiger partial charge >= 0.3 is 6.03 Å². The van der Waals surface area contributed by atoms with Crippen LogP contribution in [0.15, 0.2) is 0 Å². The van der Waals surface area contributed by atoms with Crippen molar-refractivity contribution in [3.8, 4) is 0 Å². The molecule has 1 aliphatic heterocycles. The molecule has 0 atom stereocenters. The van der Waals surface area contributed by atoms with E-state index in [1.807, 2.05) is 4.90 Å². The van der Waals surface area contributed by atoms with Crippen molar-refractivity contribution in [3.63, 3.8) is 0 Å². The maximum atomic E-state index is 11.7. The van der Waals surface area contributed by atoms with Crippen LogP contribution in [0.5, 0.6) is 0 Å². The van der Waals surface area contributed by atoms with Gasteiger partial charge < -0.3 is 20.9 Å². The van der Waals surface area contributed by atoms with Crippen LogP contribution in [-0.4, -0.2) is 62.1 Å². The van der Waals surface area contributed by atoms with Crippen molar-refractivity contribution in [2.75, 3.05) is 40.3 Å². The third kappa shape index (κ3) is 3.98. The minimum absolute atomic E-state index is 0.125. The molecule has 0 spiro atoms. The Bertz CT molecular complexity index is 212. The minimum Gasteiger partial charge on any atom is -0.331 e. The Kier molecular flexibility index (Phi) is 5.55. The third-order valence-corrected chi connectivity index (χ3v) is 2.96. The van der Waals surface area contributed by atoms with Crippen molar-refractivity contribution in [1.29, 1.82) is 0 Å². The van der Waals surface area contributed by atoms with Crippen molar-refractivity contribution < 1.29 is 4.79 Å². The van der Waals surface area contributed by atoms with Crippen LogP contribution in [-0.2, 0) is 0 Å². The van der Waals surface area contributed by atoms with Gasteiger partial charge in [-0.15, -0.1) is 0 Å². The van der Waals surface area contributed by atoms with Crippen LogP contribution in [0.1, 0.15) is 19.3 Å². The second-order valence-corrected chi connectivity index (χ2v) is 4.53. The minimum atomic E-state index is 0.125. The lowest BCUT2D eigenvalue weighted by Crippen LogP contribution is -2.48. The summed E-state index contributed by atoms with van der Waals surface area (Å²) in [6.45, 7) is 3.45. The van der Waals surface area contributed by atoms with Gasteiger partial charge in [0, 0.05) is 33.2 Å². The maximum Gasteiger partial charge on any atom is 0.319 e. The number of hydrogen-bond acceptors (Lipinski definition) is 3. The Hall–Kier alpha value is -0.810. The molecule has 0 aromatic rings. The lowest BCUT2D eigenvalue weighted by molar-refractivity contribution is 0.152. The van der Waals surface area contributed by atoms with Crippen molar-refractivity contribution in [1.82, 2.24) is 15.1 Å². The second kappa shape index (κ2) is 6.70. The van der Waals surface area contributed by atoms with Gasteiger partial charge in [0.25, 0.3) is 0 Å². The number of nitrogens with zero attached hydrogens (tertiary/aromatic N) is 2. The molecule has 0 aliphatic carbocycles. The van der Waals surface area contributed by atoms with E-state index >= 15 is 0 Å². The van der Waals surface area contributed by atoms with Crippen LogP contribution in [0, 0.1) is 0 Å². The fourth-order valence-corrected chi connectivity index (χ4v) is 1.97. The van der Waals surface area contributed by atoms with Crippen LogP contribution in [0.25, 0.3) is 0 Å². The zero-order valence-corrected chi connectivity index (χ0v) is 10.4. The Morgan fingerprint density at radius 2 is 2.06 bits per heavy atom. The smallest absolute Gasteiger partial charge is 0.319 e. The molecule has 1 heterocycles. The molecule has 5 heteroatoms. The normalized spacial score (nSPS) is 17.6. The lowest BCUT2D eigenvalue weighted by Gasteiger charge is -2.34. The number of amides is 2. The number of carbonyl (C=O) groups is 1. The van der Waals surface area contributed by atoms with E-state index in [0.717, 1.165) is 45.4 Å². The molecule has 0 saturated carbocycles. The van der Waals surface area contributed by atoms with Crippen LogP contribution in [0.4, 0.5) is 4.79 Å². The van der Waals surface area contributed by atoms with Crippen molar-refractivity contribution in [2.45, 2.75) is 25.3 Å². The monoisotopic (exact) mass is 228 g/mol. The Balaban J connectivity index is 2.20. The fourth-order valence-electron chi connectivity index (χ4n) is 1.97. The van der Waals surface area contributed by atoms with Gasteiger partial charge in [0.05, 0.1) is 0 Å². The van der Waals surface area contributed by atoms with Gasteiger partial charge in [0.15, 0.2) is 0 Å². The van der Waals surface area contributed by atoms with E-state index in [0.29, 0.717) is 6.04 Å². The molecule has 0 aromatic carbocycles. The number of nitrogens with two attached hydrogens (primary N) is 1. The lowest BCUT2D eigenvalue weighted by atomic mass is 10.1. The van der Waals surface area contributed by atoms with Crippen molar-refractivity contribution in [2.24, 2.45) is 5.73 Å². The standard InChI is InChI=1S/C11H24N4O/c1-14(2)11(16)15-8-4-10(5-9-15)13-7-3-6-12/h10,13H,3-9,12H2,1-2H3. The van der Waals surface area contributed by atoms with E-state index in [1.54, 1.807) is 19.0 Å². The quantitative estimate of drug-likeness (QED) is 0.669. The SMILES string of the molecule is CN(C)C(=O)N1CCC(NCCCN)CC1. The summed E-state index contributed by atoms with van der Waals surface area (Å²) in [6, 6.07) is 0.679. The molecule has 16 heavy (non-hydrogen) atoms. The maximum absolute atomic E-state index is 11.7. The van der Waals surface area contributed by atoms with Crippen molar-refractivity contribution in [3.05, 3.63) is 0 Å². The molecule has 1 fully saturated rings. The highest BCUT2D eigenvalue weighted by Gasteiger charge is 2.22. The number of likely N-dealkylation sites (tertiary alicyclic amines) is 1. The molecule has 94 valence electrons. The van der Waals surface area contributed by atoms with Crippen molar-refractivity contribution >= 4 is 6.03 Å². The number of urea groups is 1. The molecular formula is C11H24N4O. The summed E-state index contributed by atoms with van der Waals surface area (Å²) < 4.78 is 0. The van der Waals surface area contributed by atoms with Gasteiger partial charge in [-0.25, -0.2) is 4.79 Å². The average molecular weight is 228 g/mol. The number of nitrogens with one attached hydrogen (secondary N) is 1. The highest BCUT2D eigenvalue weighted by atomic mass is 16.2. The molecular weight excluding hydrogens is 204 g/mol. The first-order chi connectivity index (χ1) is 7.65. The molecule has 1 saturated heterocycles. The second-order valence-electron chi connectivity index (χ2n) is 4.53. The van der Waals surface area contributed by atoms with E-state index in [4.69, 9.17) is 5.73 Å². The molecule has 0 unspecified atom stereocenters. The van der Waals surface area contributed by atoms with Gasteiger partial charge in [-0.3, -0.25) is 0 Å². The Morgan fingerprint density at radius 1 is 1.44 bits per heavy atom. The Morgan fingerprint density at radius 3 is 2.56 bits per heavy atom. The zero-order valence-electron chi connectivity index (χ0n) is 10.4. The van der Waals surface area contributed by atoms with Crippen LogP contribution in [0.2, 0.25) is 0 Å².